The van der Waals surface area contributed by atoms with Crippen LogP contribution in [0.5, 0.6) is 0 Å². The van der Waals surface area contributed by atoms with Crippen molar-refractivity contribution in [2.45, 2.75) is 13.3 Å². The van der Waals surface area contributed by atoms with Crippen LogP contribution in [0.15, 0.2) is 24.4 Å². The lowest BCUT2D eigenvalue weighted by Crippen LogP contribution is -2.34. The van der Waals surface area contributed by atoms with E-state index in [0.29, 0.717) is 18.5 Å². The Balaban J connectivity index is 1.93. The number of carbonyl (C=O) groups is 2. The van der Waals surface area contributed by atoms with Crippen molar-refractivity contribution in [3.8, 4) is 0 Å². The highest BCUT2D eigenvalue weighted by atomic mass is 19.1. The van der Waals surface area contributed by atoms with E-state index in [-0.39, 0.29) is 24.1 Å². The highest BCUT2D eigenvalue weighted by Gasteiger charge is 2.09. The van der Waals surface area contributed by atoms with Gasteiger partial charge in [0.05, 0.1) is 6.42 Å². The predicted molar refractivity (Wildman–Crippen MR) is 73.7 cm³/mol. The molecule has 0 atom stereocenters. The first-order valence-corrected chi connectivity index (χ1v) is 6.33. The molecule has 0 fully saturated rings. The molecular weight excluding hydrogens is 261 g/mol. The number of hydrogen-bond donors (Lipinski definition) is 3. The number of aromatic amines is 1. The quantitative estimate of drug-likeness (QED) is 0.716. The molecule has 1 heterocycles. The summed E-state index contributed by atoms with van der Waals surface area (Å²) in [4.78, 5) is 25.4. The average molecular weight is 277 g/mol. The van der Waals surface area contributed by atoms with Crippen molar-refractivity contribution in [1.29, 1.82) is 0 Å². The van der Waals surface area contributed by atoms with Crippen molar-refractivity contribution in [3.05, 3.63) is 35.8 Å². The molecular formula is C14H16FN3O2. The normalized spacial score (nSPS) is 10.5. The van der Waals surface area contributed by atoms with Gasteiger partial charge < -0.3 is 15.6 Å². The molecule has 5 nitrogen and oxygen atoms in total. The molecule has 0 saturated heterocycles. The third-order valence-corrected chi connectivity index (χ3v) is 2.90. The van der Waals surface area contributed by atoms with E-state index in [0.717, 1.165) is 11.1 Å². The first kappa shape index (κ1) is 14.0. The molecule has 20 heavy (non-hydrogen) atoms. The SMILES string of the molecule is CC(=O)NCCNC(=O)Cc1c[nH]c2ccc(F)cc12. The zero-order chi connectivity index (χ0) is 14.5. The summed E-state index contributed by atoms with van der Waals surface area (Å²) < 4.78 is 13.2. The number of benzene rings is 1. The molecule has 0 aliphatic carbocycles. The van der Waals surface area contributed by atoms with Gasteiger partial charge >= 0.3 is 0 Å². The van der Waals surface area contributed by atoms with Crippen LogP contribution < -0.4 is 10.6 Å². The van der Waals surface area contributed by atoms with Crippen LogP contribution in [0, 0.1) is 5.82 Å². The van der Waals surface area contributed by atoms with Gasteiger partial charge in [0.2, 0.25) is 11.8 Å². The van der Waals surface area contributed by atoms with E-state index in [1.807, 2.05) is 0 Å². The monoisotopic (exact) mass is 277 g/mol. The molecule has 6 heteroatoms. The van der Waals surface area contributed by atoms with Crippen molar-refractivity contribution in [1.82, 2.24) is 15.6 Å². The Morgan fingerprint density at radius 3 is 2.75 bits per heavy atom. The van der Waals surface area contributed by atoms with Crippen LogP contribution in [-0.4, -0.2) is 29.9 Å². The molecule has 2 rings (SSSR count). The molecule has 106 valence electrons. The number of aromatic nitrogens is 1. The molecule has 1 aromatic carbocycles. The Labute approximate surface area is 115 Å². The van der Waals surface area contributed by atoms with E-state index in [2.05, 4.69) is 15.6 Å². The third kappa shape index (κ3) is 3.57. The fourth-order valence-corrected chi connectivity index (χ4v) is 1.97. The second-order valence-electron chi connectivity index (χ2n) is 4.51. The molecule has 0 aliphatic heterocycles. The molecule has 1 aromatic heterocycles. The van der Waals surface area contributed by atoms with Gasteiger partial charge in [0, 0.05) is 37.1 Å². The fraction of sp³-hybridized carbons (Fsp3) is 0.286. The van der Waals surface area contributed by atoms with Gasteiger partial charge in [0.25, 0.3) is 0 Å². The second kappa shape index (κ2) is 6.18. The van der Waals surface area contributed by atoms with Crippen LogP contribution in [0.25, 0.3) is 10.9 Å². The smallest absolute Gasteiger partial charge is 0.224 e. The topological polar surface area (TPSA) is 74.0 Å². The maximum Gasteiger partial charge on any atom is 0.224 e. The zero-order valence-electron chi connectivity index (χ0n) is 11.1. The standard InChI is InChI=1S/C14H16FN3O2/c1-9(19)16-4-5-17-14(20)6-10-8-18-13-3-2-11(15)7-12(10)13/h2-3,7-8,18H,4-6H2,1H3,(H,16,19)(H,17,20). The number of nitrogens with one attached hydrogen (secondary N) is 3. The van der Waals surface area contributed by atoms with Crippen molar-refractivity contribution in [2.75, 3.05) is 13.1 Å². The molecule has 0 radical (unpaired) electrons. The maximum atomic E-state index is 13.2. The molecule has 3 N–H and O–H groups in total. The van der Waals surface area contributed by atoms with E-state index in [9.17, 15) is 14.0 Å². The minimum atomic E-state index is -0.329. The minimum absolute atomic E-state index is 0.133. The van der Waals surface area contributed by atoms with Crippen LogP contribution in [0.2, 0.25) is 0 Å². The largest absolute Gasteiger partial charge is 0.361 e. The lowest BCUT2D eigenvalue weighted by molar-refractivity contribution is -0.121. The molecule has 0 saturated carbocycles. The highest BCUT2D eigenvalue weighted by Crippen LogP contribution is 2.19. The van der Waals surface area contributed by atoms with Crippen molar-refractivity contribution < 1.29 is 14.0 Å². The molecule has 2 amide bonds. The van der Waals surface area contributed by atoms with Crippen LogP contribution in [0.1, 0.15) is 12.5 Å². The van der Waals surface area contributed by atoms with Crippen LogP contribution in [0.4, 0.5) is 4.39 Å². The van der Waals surface area contributed by atoms with Gasteiger partial charge in [0.15, 0.2) is 0 Å². The second-order valence-corrected chi connectivity index (χ2v) is 4.51. The summed E-state index contributed by atoms with van der Waals surface area (Å²) in [5.41, 5.74) is 1.55. The van der Waals surface area contributed by atoms with Crippen LogP contribution in [0.3, 0.4) is 0 Å². The zero-order valence-corrected chi connectivity index (χ0v) is 11.1. The van der Waals surface area contributed by atoms with Gasteiger partial charge in [-0.05, 0) is 23.8 Å². The Bertz CT molecular complexity index is 636. The Kier molecular flexibility index (Phi) is 4.34. The first-order valence-electron chi connectivity index (χ1n) is 6.33. The van der Waals surface area contributed by atoms with Gasteiger partial charge in [-0.3, -0.25) is 9.59 Å². The summed E-state index contributed by atoms with van der Waals surface area (Å²) in [6.45, 7) is 2.18. The number of fused-ring (bicyclic) bond motifs is 1. The first-order chi connectivity index (χ1) is 9.56. The number of H-pyrrole nitrogens is 1. The number of hydrogen-bond acceptors (Lipinski definition) is 2. The number of halogens is 1. The Hall–Kier alpha value is -2.37. The molecule has 0 bridgehead atoms. The van der Waals surface area contributed by atoms with Gasteiger partial charge in [-0.15, -0.1) is 0 Å². The van der Waals surface area contributed by atoms with Gasteiger partial charge in [-0.2, -0.15) is 0 Å². The summed E-state index contributed by atoms with van der Waals surface area (Å²) >= 11 is 0. The maximum absolute atomic E-state index is 13.2. The van der Waals surface area contributed by atoms with Crippen LogP contribution >= 0.6 is 0 Å². The van der Waals surface area contributed by atoms with E-state index in [1.165, 1.54) is 19.1 Å². The highest BCUT2D eigenvalue weighted by molar-refractivity contribution is 5.88. The number of rotatable bonds is 5. The predicted octanol–water partition coefficient (Wildman–Crippen LogP) is 1.10. The summed E-state index contributed by atoms with van der Waals surface area (Å²) in [7, 11) is 0. The van der Waals surface area contributed by atoms with Gasteiger partial charge in [-0.1, -0.05) is 0 Å². The van der Waals surface area contributed by atoms with Crippen molar-refractivity contribution in [2.24, 2.45) is 0 Å². The summed E-state index contributed by atoms with van der Waals surface area (Å²) in [6.07, 6.45) is 1.88. The van der Waals surface area contributed by atoms with Crippen LogP contribution in [-0.2, 0) is 16.0 Å². The minimum Gasteiger partial charge on any atom is -0.361 e. The fourth-order valence-electron chi connectivity index (χ4n) is 1.97. The van der Waals surface area contributed by atoms with Gasteiger partial charge in [-0.25, -0.2) is 4.39 Å². The lowest BCUT2D eigenvalue weighted by atomic mass is 10.1. The Morgan fingerprint density at radius 2 is 2.00 bits per heavy atom. The molecule has 0 aliphatic rings. The summed E-state index contributed by atoms with van der Waals surface area (Å²) in [5.74, 6) is -0.628. The molecule has 0 unspecified atom stereocenters. The van der Waals surface area contributed by atoms with Gasteiger partial charge in [0.1, 0.15) is 5.82 Å². The molecule has 0 spiro atoms. The van der Waals surface area contributed by atoms with E-state index in [4.69, 9.17) is 0 Å². The third-order valence-electron chi connectivity index (χ3n) is 2.90. The summed E-state index contributed by atoms with van der Waals surface area (Å²) in [5, 5.41) is 5.99. The van der Waals surface area contributed by atoms with E-state index >= 15 is 0 Å². The van der Waals surface area contributed by atoms with Crippen molar-refractivity contribution >= 4 is 22.7 Å². The number of amides is 2. The average Bonchev–Trinajstić information content (AvgIpc) is 2.77. The van der Waals surface area contributed by atoms with Crippen molar-refractivity contribution in [3.63, 3.8) is 0 Å². The summed E-state index contributed by atoms with van der Waals surface area (Å²) in [6, 6.07) is 4.42. The Morgan fingerprint density at radius 1 is 1.25 bits per heavy atom. The van der Waals surface area contributed by atoms with E-state index < -0.39 is 0 Å². The lowest BCUT2D eigenvalue weighted by Gasteiger charge is -2.05. The molecule has 2 aromatic rings. The number of carbonyl (C=O) groups excluding carboxylic acids is 2. The van der Waals surface area contributed by atoms with E-state index in [1.54, 1.807) is 12.3 Å².